The van der Waals surface area contributed by atoms with Gasteiger partial charge in [0.15, 0.2) is 10.8 Å². The topological polar surface area (TPSA) is 79.9 Å². The molecule has 0 amide bonds. The molecule has 140 valence electrons. The molecule has 2 rings (SSSR count). The molecule has 0 saturated heterocycles. The highest BCUT2D eigenvalue weighted by Gasteiger charge is 2.25. The Kier molecular flexibility index (Phi) is 6.26. The zero-order valence-corrected chi connectivity index (χ0v) is 16.8. The van der Waals surface area contributed by atoms with Gasteiger partial charge in [0.2, 0.25) is 5.03 Å². The Morgan fingerprint density at radius 2 is 1.92 bits per heavy atom. The number of fused-ring (bicyclic) bond motifs is 1. The van der Waals surface area contributed by atoms with Crippen molar-refractivity contribution in [1.29, 1.82) is 0 Å². The maximum absolute atomic E-state index is 12.7. The van der Waals surface area contributed by atoms with E-state index in [0.29, 0.717) is 24.9 Å². The molecule has 0 saturated carbocycles. The van der Waals surface area contributed by atoms with Crippen LogP contribution in [0.15, 0.2) is 21.6 Å². The van der Waals surface area contributed by atoms with Crippen molar-refractivity contribution in [3.05, 3.63) is 23.0 Å². The van der Waals surface area contributed by atoms with E-state index in [9.17, 15) is 8.42 Å². The molecule has 26 heavy (non-hydrogen) atoms. The fraction of sp³-hybridized carbons (Fsp3) is 0.471. The number of nitrogens with zero attached hydrogens (tertiary/aromatic N) is 5. The predicted octanol–water partition coefficient (Wildman–Crippen LogP) is 2.70. The molecule has 2 aromatic heterocycles. The van der Waals surface area contributed by atoms with Gasteiger partial charge in [-0.25, -0.2) is 4.98 Å². The third-order valence-corrected chi connectivity index (χ3v) is 4.94. The Labute approximate surface area is 159 Å². The summed E-state index contributed by atoms with van der Waals surface area (Å²) in [6.45, 7) is 9.62. The lowest BCUT2D eigenvalue weighted by atomic mass is 10.1. The van der Waals surface area contributed by atoms with Gasteiger partial charge in [-0.15, -0.1) is 10.8 Å². The van der Waals surface area contributed by atoms with Crippen LogP contribution in [0.5, 0.6) is 0 Å². The second kappa shape index (κ2) is 8.06. The van der Waals surface area contributed by atoms with Crippen LogP contribution in [0.2, 0.25) is 5.15 Å². The quantitative estimate of drug-likeness (QED) is 0.409. The van der Waals surface area contributed by atoms with E-state index in [2.05, 4.69) is 48.1 Å². The fourth-order valence-corrected chi connectivity index (χ4v) is 3.89. The second-order valence-corrected chi connectivity index (χ2v) is 8.68. The Morgan fingerprint density at radius 3 is 2.46 bits per heavy atom. The summed E-state index contributed by atoms with van der Waals surface area (Å²) in [5.41, 5.74) is 0.553. The molecular weight excluding hydrogens is 374 g/mol. The van der Waals surface area contributed by atoms with Crippen molar-refractivity contribution in [2.45, 2.75) is 32.7 Å². The lowest BCUT2D eigenvalue weighted by Crippen LogP contribution is -2.30. The van der Waals surface area contributed by atoms with Crippen molar-refractivity contribution in [1.82, 2.24) is 19.5 Å². The van der Waals surface area contributed by atoms with E-state index in [1.165, 1.54) is 6.34 Å². The first-order chi connectivity index (χ1) is 12.1. The first kappa shape index (κ1) is 20.2. The first-order valence-electron chi connectivity index (χ1n) is 8.20. The van der Waals surface area contributed by atoms with Crippen molar-refractivity contribution in [2.24, 2.45) is 16.2 Å². The molecule has 0 bridgehead atoms. The zero-order chi connectivity index (χ0) is 19.5. The SMILES string of the molecule is C#Cc1ccc2nc(Cl)c(S(=O)(=O)N=CN(CC(C)C)CC(C)C)n2n1. The van der Waals surface area contributed by atoms with E-state index in [1.807, 2.05) is 4.90 Å². The summed E-state index contributed by atoms with van der Waals surface area (Å²) < 4.78 is 30.4. The molecular formula is C17H22ClN5O2S. The molecule has 0 N–H and O–H groups in total. The second-order valence-electron chi connectivity index (χ2n) is 6.78. The van der Waals surface area contributed by atoms with Gasteiger partial charge in [-0.2, -0.15) is 18.0 Å². The largest absolute Gasteiger partial charge is 0.361 e. The van der Waals surface area contributed by atoms with Crippen molar-refractivity contribution >= 4 is 33.6 Å². The van der Waals surface area contributed by atoms with Crippen LogP contribution in [0.25, 0.3) is 5.65 Å². The Morgan fingerprint density at radius 1 is 1.31 bits per heavy atom. The average molecular weight is 396 g/mol. The van der Waals surface area contributed by atoms with Crippen LogP contribution in [-0.2, 0) is 10.0 Å². The van der Waals surface area contributed by atoms with Crippen molar-refractivity contribution in [3.8, 4) is 12.3 Å². The van der Waals surface area contributed by atoms with Gasteiger partial charge in [0, 0.05) is 13.1 Å². The zero-order valence-electron chi connectivity index (χ0n) is 15.2. The van der Waals surface area contributed by atoms with Gasteiger partial charge in [0.1, 0.15) is 12.0 Å². The van der Waals surface area contributed by atoms with Gasteiger partial charge >= 0.3 is 10.0 Å². The van der Waals surface area contributed by atoms with Crippen molar-refractivity contribution in [2.75, 3.05) is 13.1 Å². The summed E-state index contributed by atoms with van der Waals surface area (Å²) in [6.07, 6.45) is 6.68. The van der Waals surface area contributed by atoms with Gasteiger partial charge < -0.3 is 4.90 Å². The number of sulfonamides is 1. The van der Waals surface area contributed by atoms with Crippen LogP contribution in [0.4, 0.5) is 0 Å². The van der Waals surface area contributed by atoms with E-state index < -0.39 is 10.0 Å². The lowest BCUT2D eigenvalue weighted by molar-refractivity contribution is 0.336. The van der Waals surface area contributed by atoms with Crippen LogP contribution in [0, 0.1) is 24.2 Å². The van der Waals surface area contributed by atoms with Gasteiger partial charge in [-0.1, -0.05) is 39.3 Å². The maximum atomic E-state index is 12.7. The summed E-state index contributed by atoms with van der Waals surface area (Å²) in [7, 11) is -4.10. The number of terminal acetylenes is 1. The Balaban J connectivity index is 2.44. The molecule has 0 unspecified atom stereocenters. The smallest absolute Gasteiger partial charge is 0.304 e. The highest BCUT2D eigenvalue weighted by Crippen LogP contribution is 2.23. The van der Waals surface area contributed by atoms with Crippen LogP contribution in [0.1, 0.15) is 33.4 Å². The van der Waals surface area contributed by atoms with E-state index in [1.54, 1.807) is 12.1 Å². The summed E-state index contributed by atoms with van der Waals surface area (Å²) in [5, 5.41) is 3.59. The molecule has 0 aliphatic carbocycles. The number of rotatable bonds is 7. The van der Waals surface area contributed by atoms with Crippen molar-refractivity contribution < 1.29 is 8.42 Å². The van der Waals surface area contributed by atoms with Crippen LogP contribution in [0.3, 0.4) is 0 Å². The van der Waals surface area contributed by atoms with Gasteiger partial charge in [0.05, 0.1) is 0 Å². The van der Waals surface area contributed by atoms with E-state index in [0.717, 1.165) is 4.52 Å². The molecule has 0 aliphatic heterocycles. The highest BCUT2D eigenvalue weighted by atomic mass is 35.5. The summed E-state index contributed by atoms with van der Waals surface area (Å²) in [6, 6.07) is 3.12. The Hall–Kier alpha value is -2.11. The molecule has 2 heterocycles. The molecule has 9 heteroatoms. The van der Waals surface area contributed by atoms with E-state index in [4.69, 9.17) is 18.0 Å². The molecule has 0 aliphatic rings. The summed E-state index contributed by atoms with van der Waals surface area (Å²) in [5.74, 6) is 3.08. The summed E-state index contributed by atoms with van der Waals surface area (Å²) in [4.78, 5) is 5.89. The molecule has 0 spiro atoms. The number of hydrogen-bond acceptors (Lipinski definition) is 4. The molecule has 7 nitrogen and oxygen atoms in total. The number of aromatic nitrogens is 3. The van der Waals surface area contributed by atoms with Crippen LogP contribution >= 0.6 is 11.6 Å². The minimum atomic E-state index is -4.10. The standard InChI is InChI=1S/C17H22ClN5O2S/c1-6-14-7-8-15-20-16(18)17(23(15)21-14)26(24,25)19-11-22(9-12(2)3)10-13(4)5/h1,7-8,11-13H,9-10H2,2-5H3. The maximum Gasteiger partial charge on any atom is 0.304 e. The van der Waals surface area contributed by atoms with Gasteiger partial charge in [0.25, 0.3) is 0 Å². The number of halogens is 1. The molecule has 0 radical (unpaired) electrons. The number of imidazole rings is 1. The average Bonchev–Trinajstić information content (AvgIpc) is 2.87. The minimum Gasteiger partial charge on any atom is -0.361 e. The predicted molar refractivity (Wildman–Crippen MR) is 103 cm³/mol. The normalized spacial score (nSPS) is 12.4. The molecule has 0 aromatic carbocycles. The van der Waals surface area contributed by atoms with Crippen LogP contribution in [-0.4, -0.2) is 47.3 Å². The van der Waals surface area contributed by atoms with Gasteiger partial charge in [-0.05, 0) is 29.9 Å². The van der Waals surface area contributed by atoms with E-state index in [-0.39, 0.29) is 21.5 Å². The molecule has 0 fully saturated rings. The molecule has 2 aromatic rings. The fourth-order valence-electron chi connectivity index (χ4n) is 2.46. The van der Waals surface area contributed by atoms with Gasteiger partial charge in [-0.3, -0.25) is 0 Å². The monoisotopic (exact) mass is 395 g/mol. The third-order valence-electron chi connectivity index (χ3n) is 3.34. The highest BCUT2D eigenvalue weighted by molar-refractivity contribution is 7.90. The minimum absolute atomic E-state index is 0.192. The lowest BCUT2D eigenvalue weighted by Gasteiger charge is -2.23. The third kappa shape index (κ3) is 4.74. The molecule has 0 atom stereocenters. The first-order valence-corrected chi connectivity index (χ1v) is 10.0. The van der Waals surface area contributed by atoms with Crippen molar-refractivity contribution in [3.63, 3.8) is 0 Å². The van der Waals surface area contributed by atoms with Crippen LogP contribution < -0.4 is 0 Å². The van der Waals surface area contributed by atoms with E-state index >= 15 is 0 Å². The Bertz CT molecular complexity index is 947. The summed E-state index contributed by atoms with van der Waals surface area (Å²) >= 11 is 6.04. The number of hydrogen-bond donors (Lipinski definition) is 0.